The van der Waals surface area contributed by atoms with Crippen molar-refractivity contribution in [3.63, 3.8) is 0 Å². The van der Waals surface area contributed by atoms with Crippen molar-refractivity contribution < 1.29 is 16.8 Å². The quantitative estimate of drug-likeness (QED) is 0.781. The minimum atomic E-state index is -3.53. The molecule has 1 rings (SSSR count). The van der Waals surface area contributed by atoms with Crippen molar-refractivity contribution in [2.75, 3.05) is 12.5 Å². The molecule has 0 spiro atoms. The molecule has 0 aliphatic rings. The molecule has 1 atom stereocenters. The van der Waals surface area contributed by atoms with Gasteiger partial charge in [0.05, 0.1) is 9.79 Å². The van der Waals surface area contributed by atoms with Gasteiger partial charge in [0, 0.05) is 17.9 Å². The topological polar surface area (TPSA) is 68.3 Å². The molecular formula is C14H21ClO4S2. The molecule has 120 valence electrons. The van der Waals surface area contributed by atoms with Crippen molar-refractivity contribution in [1.29, 1.82) is 0 Å². The number of benzene rings is 1. The van der Waals surface area contributed by atoms with Crippen LogP contribution in [0.2, 0.25) is 0 Å². The number of sulfone groups is 2. The fraction of sp³-hybridized carbons (Fsp3) is 0.571. The number of halogens is 1. The first-order valence-electron chi connectivity index (χ1n) is 6.40. The number of alkyl halides is 1. The lowest BCUT2D eigenvalue weighted by atomic mass is 9.88. The van der Waals surface area contributed by atoms with Gasteiger partial charge in [0.2, 0.25) is 0 Å². The molecule has 0 heterocycles. The molecule has 1 aromatic rings. The predicted octanol–water partition coefficient (Wildman–Crippen LogP) is 2.69. The molecule has 1 unspecified atom stereocenters. The van der Waals surface area contributed by atoms with Gasteiger partial charge >= 0.3 is 0 Å². The second kappa shape index (κ2) is 5.89. The number of hydrogen-bond acceptors (Lipinski definition) is 4. The van der Waals surface area contributed by atoms with Gasteiger partial charge in [0.15, 0.2) is 19.7 Å². The van der Waals surface area contributed by atoms with E-state index in [-0.39, 0.29) is 20.6 Å². The van der Waals surface area contributed by atoms with Crippen molar-refractivity contribution in [3.8, 4) is 0 Å². The maximum Gasteiger partial charge on any atom is 0.175 e. The lowest BCUT2D eigenvalue weighted by Gasteiger charge is -2.25. The van der Waals surface area contributed by atoms with E-state index >= 15 is 0 Å². The summed E-state index contributed by atoms with van der Waals surface area (Å²) in [5, 5.41) is -0.262. The van der Waals surface area contributed by atoms with Crippen molar-refractivity contribution in [3.05, 3.63) is 23.8 Å². The summed E-state index contributed by atoms with van der Waals surface area (Å²) in [6.45, 7) is 5.90. The van der Waals surface area contributed by atoms with Crippen LogP contribution in [0.5, 0.6) is 0 Å². The molecule has 0 saturated carbocycles. The van der Waals surface area contributed by atoms with E-state index in [4.69, 9.17) is 11.6 Å². The average Bonchev–Trinajstić information content (AvgIpc) is 2.25. The first-order chi connectivity index (χ1) is 9.23. The van der Waals surface area contributed by atoms with Gasteiger partial charge in [-0.25, -0.2) is 16.8 Å². The summed E-state index contributed by atoms with van der Waals surface area (Å²) in [5.41, 5.74) is 0.353. The first kappa shape index (κ1) is 18.5. The summed E-state index contributed by atoms with van der Waals surface area (Å²) in [5.74, 6) is 0. The van der Waals surface area contributed by atoms with Crippen LogP contribution in [0.3, 0.4) is 0 Å². The van der Waals surface area contributed by atoms with E-state index in [2.05, 4.69) is 0 Å². The highest BCUT2D eigenvalue weighted by molar-refractivity contribution is 7.91. The molecule has 0 fully saturated rings. The first-order valence-corrected chi connectivity index (χ1v) is 10.6. The van der Waals surface area contributed by atoms with Crippen LogP contribution in [-0.4, -0.2) is 34.7 Å². The maximum absolute atomic E-state index is 11.9. The Morgan fingerprint density at radius 3 is 1.95 bits per heavy atom. The summed E-state index contributed by atoms with van der Waals surface area (Å²) < 4.78 is 47.0. The van der Waals surface area contributed by atoms with Crippen molar-refractivity contribution in [2.45, 2.75) is 42.4 Å². The van der Waals surface area contributed by atoms with E-state index in [0.29, 0.717) is 12.0 Å². The van der Waals surface area contributed by atoms with Crippen LogP contribution in [0.15, 0.2) is 28.0 Å². The van der Waals surface area contributed by atoms with Crippen LogP contribution < -0.4 is 0 Å². The Hall–Kier alpha value is -0.590. The monoisotopic (exact) mass is 352 g/mol. The van der Waals surface area contributed by atoms with Crippen LogP contribution in [0.4, 0.5) is 0 Å². The molecule has 0 aliphatic carbocycles. The molecule has 1 aromatic carbocycles. The van der Waals surface area contributed by atoms with Gasteiger partial charge in [0.1, 0.15) is 0 Å². The van der Waals surface area contributed by atoms with Crippen LogP contribution in [-0.2, 0) is 26.1 Å². The Kier molecular flexibility index (Phi) is 5.18. The van der Waals surface area contributed by atoms with E-state index in [1.165, 1.54) is 18.2 Å². The highest BCUT2D eigenvalue weighted by Gasteiger charge is 2.25. The van der Waals surface area contributed by atoms with Gasteiger partial charge in [-0.2, -0.15) is 0 Å². The van der Waals surface area contributed by atoms with Gasteiger partial charge in [-0.15, -0.1) is 11.6 Å². The molecule has 0 bridgehead atoms. The molecule has 0 aromatic heterocycles. The molecule has 0 amide bonds. The Morgan fingerprint density at radius 2 is 1.57 bits per heavy atom. The number of rotatable bonds is 4. The smallest absolute Gasteiger partial charge is 0.175 e. The highest BCUT2D eigenvalue weighted by atomic mass is 35.5. The molecule has 0 N–H and O–H groups in total. The molecule has 7 heteroatoms. The molecule has 0 aliphatic heterocycles. The Bertz CT molecular complexity index is 729. The van der Waals surface area contributed by atoms with Crippen LogP contribution in [0, 0.1) is 5.41 Å². The minimum Gasteiger partial charge on any atom is -0.224 e. The van der Waals surface area contributed by atoms with E-state index < -0.39 is 19.7 Å². The third-order valence-electron chi connectivity index (χ3n) is 3.21. The Balaban J connectivity index is 3.41. The Labute approximate surface area is 132 Å². The standard InChI is InChI=1S/C14H21ClO4S2/c1-14(2,3)13(15)8-10-6-7-11(20(4,16)17)9-12(10)21(5,18)19/h6-7,9,13H,8H2,1-5H3. The maximum atomic E-state index is 11.9. The van der Waals surface area contributed by atoms with Crippen LogP contribution in [0.25, 0.3) is 0 Å². The zero-order valence-electron chi connectivity index (χ0n) is 12.8. The van der Waals surface area contributed by atoms with Gasteiger partial charge < -0.3 is 0 Å². The van der Waals surface area contributed by atoms with Crippen molar-refractivity contribution >= 4 is 31.3 Å². The van der Waals surface area contributed by atoms with Crippen molar-refractivity contribution in [1.82, 2.24) is 0 Å². The van der Waals surface area contributed by atoms with E-state index in [1.807, 2.05) is 20.8 Å². The average molecular weight is 353 g/mol. The van der Waals surface area contributed by atoms with E-state index in [1.54, 1.807) is 0 Å². The summed E-state index contributed by atoms with van der Waals surface area (Å²) >= 11 is 6.33. The van der Waals surface area contributed by atoms with Gasteiger partial charge in [-0.3, -0.25) is 0 Å². The minimum absolute atomic E-state index is 0.00597. The van der Waals surface area contributed by atoms with Gasteiger partial charge in [0.25, 0.3) is 0 Å². The summed E-state index contributed by atoms with van der Waals surface area (Å²) in [6.07, 6.45) is 2.48. The summed E-state index contributed by atoms with van der Waals surface area (Å²) in [6, 6.07) is 4.17. The van der Waals surface area contributed by atoms with Crippen molar-refractivity contribution in [2.24, 2.45) is 5.41 Å². The second-order valence-corrected chi connectivity index (χ2v) is 10.9. The summed E-state index contributed by atoms with van der Waals surface area (Å²) in [4.78, 5) is 0.0221. The third kappa shape index (κ3) is 4.97. The Morgan fingerprint density at radius 1 is 1.05 bits per heavy atom. The molecule has 21 heavy (non-hydrogen) atoms. The SMILES string of the molecule is CC(C)(C)C(Cl)Cc1ccc(S(C)(=O)=O)cc1S(C)(=O)=O. The highest BCUT2D eigenvalue weighted by Crippen LogP contribution is 2.30. The summed E-state index contributed by atoms with van der Waals surface area (Å²) in [7, 11) is -6.99. The largest absolute Gasteiger partial charge is 0.224 e. The molecule has 0 radical (unpaired) electrons. The third-order valence-corrected chi connectivity index (χ3v) is 6.30. The van der Waals surface area contributed by atoms with Crippen LogP contribution in [0.1, 0.15) is 26.3 Å². The zero-order chi connectivity index (χ0) is 16.6. The fourth-order valence-electron chi connectivity index (χ4n) is 1.78. The lowest BCUT2D eigenvalue weighted by Crippen LogP contribution is -2.23. The fourth-order valence-corrected chi connectivity index (χ4v) is 3.64. The lowest BCUT2D eigenvalue weighted by molar-refractivity contribution is 0.385. The van der Waals surface area contributed by atoms with E-state index in [0.717, 1.165) is 12.5 Å². The number of hydrogen-bond donors (Lipinski definition) is 0. The van der Waals surface area contributed by atoms with Gasteiger partial charge in [-0.05, 0) is 29.5 Å². The second-order valence-electron chi connectivity index (χ2n) is 6.35. The zero-order valence-corrected chi connectivity index (χ0v) is 15.2. The van der Waals surface area contributed by atoms with E-state index in [9.17, 15) is 16.8 Å². The predicted molar refractivity (Wildman–Crippen MR) is 85.5 cm³/mol. The molecule has 0 saturated heterocycles. The molecular weight excluding hydrogens is 332 g/mol. The molecule has 4 nitrogen and oxygen atoms in total. The van der Waals surface area contributed by atoms with Crippen LogP contribution >= 0.6 is 11.6 Å². The van der Waals surface area contributed by atoms with Gasteiger partial charge in [-0.1, -0.05) is 26.8 Å². The normalized spacial score (nSPS) is 15.0.